The Morgan fingerprint density at radius 2 is 1.81 bits per heavy atom. The molecular formula is C22H28N2O2S. The fraction of sp³-hybridized carbons (Fsp3) is 0.500. The number of nitrogens with one attached hydrogen (secondary N) is 1. The van der Waals surface area contributed by atoms with Gasteiger partial charge in [-0.1, -0.05) is 12.1 Å². The number of likely N-dealkylation sites (tertiary alicyclic amines) is 1. The van der Waals surface area contributed by atoms with E-state index in [2.05, 4.69) is 34.5 Å². The van der Waals surface area contributed by atoms with Gasteiger partial charge in [-0.2, -0.15) is 0 Å². The van der Waals surface area contributed by atoms with Crippen molar-refractivity contribution in [3.8, 4) is 5.75 Å². The summed E-state index contributed by atoms with van der Waals surface area (Å²) < 4.78 is 5.36. The molecule has 1 aliphatic carbocycles. The maximum absolute atomic E-state index is 11.9. The summed E-state index contributed by atoms with van der Waals surface area (Å²) in [4.78, 5) is 16.0. The van der Waals surface area contributed by atoms with Gasteiger partial charge in [0.1, 0.15) is 10.8 Å². The minimum atomic E-state index is 0.0183. The molecule has 2 heterocycles. The predicted octanol–water partition coefficient (Wildman–Crippen LogP) is 4.78. The molecule has 1 amide bonds. The highest BCUT2D eigenvalue weighted by molar-refractivity contribution is 7.16. The first-order chi connectivity index (χ1) is 13.2. The quantitative estimate of drug-likeness (QED) is 0.807. The second-order valence-corrected chi connectivity index (χ2v) is 8.66. The molecule has 1 fully saturated rings. The lowest BCUT2D eigenvalue weighted by molar-refractivity contribution is -0.114. The number of methoxy groups -OCH3 is 1. The van der Waals surface area contributed by atoms with E-state index in [1.54, 1.807) is 25.4 Å². The van der Waals surface area contributed by atoms with Crippen LogP contribution in [-0.4, -0.2) is 31.0 Å². The third kappa shape index (κ3) is 3.76. The van der Waals surface area contributed by atoms with E-state index < -0.39 is 0 Å². The fourth-order valence-electron chi connectivity index (χ4n) is 4.48. The van der Waals surface area contributed by atoms with E-state index in [1.165, 1.54) is 47.3 Å². The van der Waals surface area contributed by atoms with E-state index in [0.717, 1.165) is 36.7 Å². The number of aryl methyl sites for hydroxylation is 1. The molecule has 0 spiro atoms. The topological polar surface area (TPSA) is 41.6 Å². The zero-order chi connectivity index (χ0) is 18.8. The molecule has 2 aromatic rings. The number of benzene rings is 1. The zero-order valence-electron chi connectivity index (χ0n) is 16.2. The Balaban J connectivity index is 1.83. The molecule has 1 aromatic carbocycles. The van der Waals surface area contributed by atoms with Crippen LogP contribution in [0.2, 0.25) is 0 Å². The summed E-state index contributed by atoms with van der Waals surface area (Å²) >= 11 is 1.80. The highest BCUT2D eigenvalue weighted by Gasteiger charge is 2.33. The summed E-state index contributed by atoms with van der Waals surface area (Å²) in [5.41, 5.74) is 4.12. The van der Waals surface area contributed by atoms with Crippen molar-refractivity contribution in [1.29, 1.82) is 0 Å². The summed E-state index contributed by atoms with van der Waals surface area (Å²) in [5.74, 6) is 0.901. The molecule has 0 bridgehead atoms. The maximum atomic E-state index is 11.9. The number of amides is 1. The van der Waals surface area contributed by atoms with Crippen LogP contribution < -0.4 is 10.1 Å². The average Bonchev–Trinajstić information content (AvgIpc) is 3.31. The molecule has 1 N–H and O–H groups in total. The highest BCUT2D eigenvalue weighted by atomic mass is 32.1. The number of rotatable bonds is 5. The van der Waals surface area contributed by atoms with Crippen LogP contribution in [0.1, 0.15) is 60.2 Å². The third-order valence-electron chi connectivity index (χ3n) is 5.71. The molecule has 4 nitrogen and oxygen atoms in total. The number of carbonyl (C=O) groups is 1. The lowest BCUT2D eigenvalue weighted by Gasteiger charge is -2.30. The van der Waals surface area contributed by atoms with Crippen molar-refractivity contribution in [2.75, 3.05) is 25.5 Å². The van der Waals surface area contributed by atoms with E-state index >= 15 is 0 Å². The monoisotopic (exact) mass is 384 g/mol. The van der Waals surface area contributed by atoms with Crippen LogP contribution in [0.5, 0.6) is 5.75 Å². The van der Waals surface area contributed by atoms with Gasteiger partial charge in [0, 0.05) is 17.4 Å². The van der Waals surface area contributed by atoms with Crippen molar-refractivity contribution in [1.82, 2.24) is 4.90 Å². The molecule has 1 unspecified atom stereocenters. The van der Waals surface area contributed by atoms with Crippen molar-refractivity contribution >= 4 is 22.2 Å². The van der Waals surface area contributed by atoms with Crippen LogP contribution in [-0.2, 0) is 17.6 Å². The summed E-state index contributed by atoms with van der Waals surface area (Å²) in [5, 5.41) is 4.21. The van der Waals surface area contributed by atoms with Gasteiger partial charge in [-0.3, -0.25) is 9.69 Å². The number of hydrogen-bond acceptors (Lipinski definition) is 4. The van der Waals surface area contributed by atoms with E-state index in [-0.39, 0.29) is 11.9 Å². The average molecular weight is 385 g/mol. The van der Waals surface area contributed by atoms with E-state index in [0.29, 0.717) is 0 Å². The molecule has 27 heavy (non-hydrogen) atoms. The third-order valence-corrected chi connectivity index (χ3v) is 6.94. The van der Waals surface area contributed by atoms with Crippen LogP contribution in [0.15, 0.2) is 24.3 Å². The zero-order valence-corrected chi connectivity index (χ0v) is 17.0. The van der Waals surface area contributed by atoms with E-state index in [1.807, 2.05) is 0 Å². The molecule has 1 atom stereocenters. The Morgan fingerprint density at radius 1 is 1.11 bits per heavy atom. The van der Waals surface area contributed by atoms with E-state index in [9.17, 15) is 4.79 Å². The van der Waals surface area contributed by atoms with Gasteiger partial charge in [0.25, 0.3) is 0 Å². The first kappa shape index (κ1) is 18.5. The van der Waals surface area contributed by atoms with Gasteiger partial charge in [0.05, 0.1) is 13.2 Å². The van der Waals surface area contributed by atoms with Crippen LogP contribution in [0.3, 0.4) is 0 Å². The Bertz CT molecular complexity index is 806. The fourth-order valence-corrected chi connectivity index (χ4v) is 5.85. The van der Waals surface area contributed by atoms with Crippen molar-refractivity contribution in [3.63, 3.8) is 0 Å². The molecule has 1 saturated heterocycles. The van der Waals surface area contributed by atoms with Crippen LogP contribution in [0, 0.1) is 0 Å². The minimum Gasteiger partial charge on any atom is -0.497 e. The molecular weight excluding hydrogens is 356 g/mol. The minimum absolute atomic E-state index is 0.0183. The summed E-state index contributed by atoms with van der Waals surface area (Å²) in [6, 6.07) is 8.68. The SMILES string of the molecule is COc1ccc(C(c2c(NC(C)=O)sc3c2CCCC3)N2CCCC2)cc1. The van der Waals surface area contributed by atoms with Gasteiger partial charge < -0.3 is 10.1 Å². The van der Waals surface area contributed by atoms with Crippen molar-refractivity contribution in [2.24, 2.45) is 0 Å². The van der Waals surface area contributed by atoms with Gasteiger partial charge in [0.2, 0.25) is 5.91 Å². The van der Waals surface area contributed by atoms with Crippen molar-refractivity contribution in [3.05, 3.63) is 45.8 Å². The maximum Gasteiger partial charge on any atom is 0.221 e. The number of carbonyl (C=O) groups excluding carboxylic acids is 1. The van der Waals surface area contributed by atoms with E-state index in [4.69, 9.17) is 4.74 Å². The predicted molar refractivity (Wildman–Crippen MR) is 111 cm³/mol. The number of nitrogens with zero attached hydrogens (tertiary/aromatic N) is 1. The number of thiophene rings is 1. The second-order valence-electron chi connectivity index (χ2n) is 7.55. The Hall–Kier alpha value is -1.85. The van der Waals surface area contributed by atoms with Crippen LogP contribution in [0.25, 0.3) is 0 Å². The van der Waals surface area contributed by atoms with Gasteiger partial charge in [0.15, 0.2) is 0 Å². The smallest absolute Gasteiger partial charge is 0.221 e. The number of anilines is 1. The van der Waals surface area contributed by atoms with Crippen molar-refractivity contribution < 1.29 is 9.53 Å². The van der Waals surface area contributed by atoms with Crippen LogP contribution >= 0.6 is 11.3 Å². The van der Waals surface area contributed by atoms with Gasteiger partial charge in [-0.25, -0.2) is 0 Å². The standard InChI is InChI=1S/C22H28N2O2S/c1-15(25)23-22-20(18-7-3-4-8-19(18)27-22)21(24-13-5-6-14-24)16-9-11-17(26-2)12-10-16/h9-12,21H,3-8,13-14H2,1-2H3,(H,23,25). The molecule has 2 aliphatic rings. The normalized spacial score (nSPS) is 18.1. The molecule has 144 valence electrons. The van der Waals surface area contributed by atoms with Gasteiger partial charge in [-0.05, 0) is 74.9 Å². The first-order valence-corrected chi connectivity index (χ1v) is 10.8. The summed E-state index contributed by atoms with van der Waals surface area (Å²) in [6.45, 7) is 3.84. The van der Waals surface area contributed by atoms with Gasteiger partial charge >= 0.3 is 0 Å². The molecule has 1 aliphatic heterocycles. The second kappa shape index (κ2) is 8.03. The number of ether oxygens (including phenoxy) is 1. The van der Waals surface area contributed by atoms with Gasteiger partial charge in [-0.15, -0.1) is 11.3 Å². The molecule has 5 heteroatoms. The van der Waals surface area contributed by atoms with Crippen LogP contribution in [0.4, 0.5) is 5.00 Å². The Labute approximate surface area is 165 Å². The Kier molecular flexibility index (Phi) is 5.50. The molecule has 4 rings (SSSR count). The number of hydrogen-bond donors (Lipinski definition) is 1. The van der Waals surface area contributed by atoms with Crippen molar-refractivity contribution in [2.45, 2.75) is 51.5 Å². The molecule has 0 saturated carbocycles. The lowest BCUT2D eigenvalue weighted by Crippen LogP contribution is -2.28. The Morgan fingerprint density at radius 3 is 2.48 bits per heavy atom. The molecule has 1 aromatic heterocycles. The highest BCUT2D eigenvalue weighted by Crippen LogP contribution is 2.46. The summed E-state index contributed by atoms with van der Waals surface area (Å²) in [7, 11) is 1.71. The lowest BCUT2D eigenvalue weighted by atomic mass is 9.89. The summed E-state index contributed by atoms with van der Waals surface area (Å²) in [6.07, 6.45) is 7.25. The first-order valence-electron chi connectivity index (χ1n) is 9.97. The largest absolute Gasteiger partial charge is 0.497 e. The number of fused-ring (bicyclic) bond motifs is 1. The molecule has 0 radical (unpaired) electrons.